The monoisotopic (exact) mass is 350 g/mol. The number of urea groups is 1. The first-order valence-electron chi connectivity index (χ1n) is 8.92. The normalized spacial score (nSPS) is 13.5. The summed E-state index contributed by atoms with van der Waals surface area (Å²) in [5.41, 5.74) is 4.98. The average Bonchev–Trinajstić information content (AvgIpc) is 3.27. The largest absolute Gasteiger partial charge is 0.461 e. The summed E-state index contributed by atoms with van der Waals surface area (Å²) in [6.07, 6.45) is 1.66. The van der Waals surface area contributed by atoms with Crippen LogP contribution in [-0.2, 0) is 19.4 Å². The molecular formula is C20H22N4O2. The molecule has 1 aliphatic heterocycles. The molecule has 2 amide bonds. The van der Waals surface area contributed by atoms with Crippen molar-refractivity contribution in [2.75, 3.05) is 11.9 Å². The van der Waals surface area contributed by atoms with E-state index in [-0.39, 0.29) is 6.03 Å². The summed E-state index contributed by atoms with van der Waals surface area (Å²) < 4.78 is 5.73. The van der Waals surface area contributed by atoms with Gasteiger partial charge in [-0.2, -0.15) is 5.10 Å². The number of benzene rings is 1. The minimum absolute atomic E-state index is 0.102. The van der Waals surface area contributed by atoms with E-state index in [1.54, 1.807) is 0 Å². The number of nitrogens with one attached hydrogen (secondary N) is 2. The van der Waals surface area contributed by atoms with Crippen molar-refractivity contribution in [3.63, 3.8) is 0 Å². The van der Waals surface area contributed by atoms with Gasteiger partial charge in [-0.15, -0.1) is 0 Å². The summed E-state index contributed by atoms with van der Waals surface area (Å²) >= 11 is 0. The number of aromatic nitrogens is 2. The Morgan fingerprint density at radius 1 is 1.31 bits per heavy atom. The highest BCUT2D eigenvalue weighted by atomic mass is 16.3. The van der Waals surface area contributed by atoms with E-state index in [0.29, 0.717) is 13.1 Å². The van der Waals surface area contributed by atoms with Crippen LogP contribution in [0.25, 0.3) is 11.3 Å². The van der Waals surface area contributed by atoms with E-state index in [4.69, 9.17) is 4.42 Å². The Balaban J connectivity index is 1.54. The molecule has 26 heavy (non-hydrogen) atoms. The number of fused-ring (bicyclic) bond motifs is 1. The van der Waals surface area contributed by atoms with Gasteiger partial charge in [-0.25, -0.2) is 4.79 Å². The first-order chi connectivity index (χ1) is 12.7. The molecule has 0 spiro atoms. The van der Waals surface area contributed by atoms with Crippen molar-refractivity contribution in [2.45, 2.75) is 33.2 Å². The van der Waals surface area contributed by atoms with Gasteiger partial charge >= 0.3 is 6.03 Å². The van der Waals surface area contributed by atoms with E-state index in [2.05, 4.69) is 22.4 Å². The van der Waals surface area contributed by atoms with E-state index in [0.717, 1.165) is 52.6 Å². The molecule has 0 unspecified atom stereocenters. The number of para-hydroxylation sites is 1. The highest BCUT2D eigenvalue weighted by Crippen LogP contribution is 2.30. The molecule has 0 saturated heterocycles. The number of anilines is 1. The fraction of sp³-hybridized carbons (Fsp3) is 0.300. The summed E-state index contributed by atoms with van der Waals surface area (Å²) in [6, 6.07) is 11.4. The summed E-state index contributed by atoms with van der Waals surface area (Å²) in [5.74, 6) is 1.60. The van der Waals surface area contributed by atoms with Crippen LogP contribution >= 0.6 is 0 Å². The van der Waals surface area contributed by atoms with Gasteiger partial charge < -0.3 is 14.6 Å². The molecule has 0 atom stereocenters. The summed E-state index contributed by atoms with van der Waals surface area (Å²) in [7, 11) is 0. The Kier molecular flexibility index (Phi) is 4.24. The van der Waals surface area contributed by atoms with Gasteiger partial charge in [-0.1, -0.05) is 19.1 Å². The lowest BCUT2D eigenvalue weighted by molar-refractivity contribution is 0.206. The maximum atomic E-state index is 12.8. The number of carbonyl (C=O) groups is 1. The molecule has 0 bridgehead atoms. The van der Waals surface area contributed by atoms with Gasteiger partial charge in [-0.05, 0) is 37.6 Å². The number of hydrogen-bond acceptors (Lipinski definition) is 3. The lowest BCUT2D eigenvalue weighted by atomic mass is 10.0. The highest BCUT2D eigenvalue weighted by molar-refractivity contribution is 5.94. The summed E-state index contributed by atoms with van der Waals surface area (Å²) in [6.45, 7) is 5.25. The lowest BCUT2D eigenvalue weighted by Crippen LogP contribution is -2.39. The number of amides is 2. The van der Waals surface area contributed by atoms with Gasteiger partial charge in [0.15, 0.2) is 0 Å². The molecule has 134 valence electrons. The predicted molar refractivity (Wildman–Crippen MR) is 100.0 cm³/mol. The quantitative estimate of drug-likeness (QED) is 0.746. The molecule has 0 radical (unpaired) electrons. The van der Waals surface area contributed by atoms with Crippen LogP contribution in [0.4, 0.5) is 10.5 Å². The van der Waals surface area contributed by atoms with Crippen molar-refractivity contribution in [3.05, 3.63) is 59.1 Å². The van der Waals surface area contributed by atoms with Gasteiger partial charge in [0.2, 0.25) is 0 Å². The van der Waals surface area contributed by atoms with Crippen LogP contribution in [0.5, 0.6) is 0 Å². The number of hydrogen-bond donors (Lipinski definition) is 2. The average molecular weight is 350 g/mol. The smallest absolute Gasteiger partial charge is 0.322 e. The number of carbonyl (C=O) groups excluding carboxylic acids is 1. The minimum atomic E-state index is -0.102. The second kappa shape index (κ2) is 6.71. The number of nitrogens with zero attached hydrogens (tertiary/aromatic N) is 2. The second-order valence-corrected chi connectivity index (χ2v) is 6.54. The van der Waals surface area contributed by atoms with Crippen LogP contribution in [-0.4, -0.2) is 27.7 Å². The van der Waals surface area contributed by atoms with Crippen molar-refractivity contribution in [3.8, 4) is 11.3 Å². The standard InChI is InChI=1S/C20H22N4O2/c1-3-16-15-12-24(11-10-18(15)23-22-16)20(25)21-17-7-5-4-6-14(17)19-9-8-13(2)26-19/h4-9H,3,10-12H2,1-2H3,(H,21,25)(H,22,23). The third kappa shape index (κ3) is 2.98. The molecule has 0 saturated carbocycles. The van der Waals surface area contributed by atoms with Gasteiger partial charge in [0.1, 0.15) is 11.5 Å². The van der Waals surface area contributed by atoms with E-state index < -0.39 is 0 Å². The number of furan rings is 1. The van der Waals surface area contributed by atoms with Crippen molar-refractivity contribution in [2.24, 2.45) is 0 Å². The number of aromatic amines is 1. The third-order valence-electron chi connectivity index (χ3n) is 4.82. The SMILES string of the molecule is CCc1n[nH]c2c1CN(C(=O)Nc1ccccc1-c1ccc(C)o1)CC2. The van der Waals surface area contributed by atoms with Crippen LogP contribution in [0, 0.1) is 6.92 Å². The van der Waals surface area contributed by atoms with E-state index >= 15 is 0 Å². The maximum Gasteiger partial charge on any atom is 0.322 e. The van der Waals surface area contributed by atoms with Crippen LogP contribution in [0.2, 0.25) is 0 Å². The first kappa shape index (κ1) is 16.4. The fourth-order valence-corrected chi connectivity index (χ4v) is 3.40. The molecule has 4 rings (SSSR count). The number of H-pyrrole nitrogens is 1. The number of rotatable bonds is 3. The third-order valence-corrected chi connectivity index (χ3v) is 4.82. The molecule has 3 heterocycles. The molecule has 1 aliphatic rings. The van der Waals surface area contributed by atoms with Gasteiger partial charge in [0, 0.05) is 29.8 Å². The highest BCUT2D eigenvalue weighted by Gasteiger charge is 2.25. The van der Waals surface area contributed by atoms with Crippen molar-refractivity contribution < 1.29 is 9.21 Å². The number of aryl methyl sites for hydroxylation is 2. The van der Waals surface area contributed by atoms with Gasteiger partial charge in [-0.3, -0.25) is 5.10 Å². The Morgan fingerprint density at radius 3 is 2.92 bits per heavy atom. The predicted octanol–water partition coefficient (Wildman–Crippen LogP) is 4.13. The van der Waals surface area contributed by atoms with Crippen LogP contribution in [0.15, 0.2) is 40.8 Å². The summed E-state index contributed by atoms with van der Waals surface area (Å²) in [5, 5.41) is 10.5. The van der Waals surface area contributed by atoms with Crippen molar-refractivity contribution in [1.82, 2.24) is 15.1 Å². The Labute approximate surface area is 152 Å². The molecule has 1 aromatic carbocycles. The van der Waals surface area contributed by atoms with E-state index in [1.165, 1.54) is 0 Å². The fourth-order valence-electron chi connectivity index (χ4n) is 3.40. The zero-order chi connectivity index (χ0) is 18.1. The minimum Gasteiger partial charge on any atom is -0.461 e. The van der Waals surface area contributed by atoms with E-state index in [9.17, 15) is 4.79 Å². The van der Waals surface area contributed by atoms with Crippen LogP contribution < -0.4 is 5.32 Å². The van der Waals surface area contributed by atoms with Crippen molar-refractivity contribution in [1.29, 1.82) is 0 Å². The molecule has 3 aromatic rings. The lowest BCUT2D eigenvalue weighted by Gasteiger charge is -2.27. The van der Waals surface area contributed by atoms with Crippen LogP contribution in [0.1, 0.15) is 29.6 Å². The molecule has 6 heteroatoms. The van der Waals surface area contributed by atoms with Crippen molar-refractivity contribution >= 4 is 11.7 Å². The zero-order valence-corrected chi connectivity index (χ0v) is 15.0. The second-order valence-electron chi connectivity index (χ2n) is 6.54. The molecule has 6 nitrogen and oxygen atoms in total. The first-order valence-corrected chi connectivity index (χ1v) is 8.92. The van der Waals surface area contributed by atoms with Gasteiger partial charge in [0.05, 0.1) is 17.9 Å². The molecular weight excluding hydrogens is 328 g/mol. The molecule has 0 aliphatic carbocycles. The topological polar surface area (TPSA) is 74.2 Å². The summed E-state index contributed by atoms with van der Waals surface area (Å²) in [4.78, 5) is 14.7. The molecule has 0 fully saturated rings. The Bertz CT molecular complexity index is 927. The molecule has 2 aromatic heterocycles. The Hall–Kier alpha value is -3.02. The Morgan fingerprint density at radius 2 is 2.15 bits per heavy atom. The maximum absolute atomic E-state index is 12.8. The zero-order valence-electron chi connectivity index (χ0n) is 15.0. The van der Waals surface area contributed by atoms with Crippen LogP contribution in [0.3, 0.4) is 0 Å². The van der Waals surface area contributed by atoms with E-state index in [1.807, 2.05) is 48.2 Å². The van der Waals surface area contributed by atoms with Gasteiger partial charge in [0.25, 0.3) is 0 Å². The molecule has 2 N–H and O–H groups in total.